The fraction of sp³-hybridized carbons (Fsp3) is 0.625. The van der Waals surface area contributed by atoms with E-state index >= 15 is 0 Å². The first kappa shape index (κ1) is 16.3. The normalized spacial score (nSPS) is 23.4. The second-order valence-electron chi connectivity index (χ2n) is 5.75. The predicted molar refractivity (Wildman–Crippen MR) is 87.0 cm³/mol. The third-order valence-electron chi connectivity index (χ3n) is 4.19. The Labute approximate surface area is 128 Å². The second kappa shape index (κ2) is 6.79. The van der Waals surface area contributed by atoms with Crippen LogP contribution < -0.4 is 5.32 Å². The highest BCUT2D eigenvalue weighted by molar-refractivity contribution is 7.89. The number of para-hydroxylation sites is 1. The summed E-state index contributed by atoms with van der Waals surface area (Å²) in [5, 5.41) is 3.23. The van der Waals surface area contributed by atoms with Crippen molar-refractivity contribution in [2.24, 2.45) is 0 Å². The van der Waals surface area contributed by atoms with Gasteiger partial charge in [0.05, 0.1) is 5.69 Å². The number of benzene rings is 1. The van der Waals surface area contributed by atoms with E-state index in [-0.39, 0.29) is 12.1 Å². The van der Waals surface area contributed by atoms with Crippen molar-refractivity contribution in [3.8, 4) is 0 Å². The van der Waals surface area contributed by atoms with Gasteiger partial charge in [-0.15, -0.1) is 0 Å². The van der Waals surface area contributed by atoms with Crippen LogP contribution in [0, 0.1) is 0 Å². The summed E-state index contributed by atoms with van der Waals surface area (Å²) in [5.74, 6) is 0. The zero-order chi connectivity index (χ0) is 15.5. The molecule has 0 radical (unpaired) electrons. The van der Waals surface area contributed by atoms with Gasteiger partial charge in [0, 0.05) is 18.6 Å². The molecule has 1 heterocycles. The summed E-state index contributed by atoms with van der Waals surface area (Å²) in [6.45, 7) is 6.92. The first-order valence-corrected chi connectivity index (χ1v) is 9.32. The van der Waals surface area contributed by atoms with Gasteiger partial charge in [-0.25, -0.2) is 8.42 Å². The maximum Gasteiger partial charge on any atom is 0.245 e. The SMILES string of the molecule is CCCNc1ccccc1S(=O)(=O)N1C(C)CCC1CC. The van der Waals surface area contributed by atoms with Crippen LogP contribution in [0.15, 0.2) is 29.2 Å². The van der Waals surface area contributed by atoms with Crippen LogP contribution in [0.25, 0.3) is 0 Å². The average molecular weight is 310 g/mol. The van der Waals surface area contributed by atoms with Gasteiger partial charge in [0.2, 0.25) is 10.0 Å². The molecule has 1 aliphatic rings. The molecule has 0 saturated carbocycles. The Morgan fingerprint density at radius 1 is 1.24 bits per heavy atom. The van der Waals surface area contributed by atoms with Crippen LogP contribution in [-0.4, -0.2) is 31.4 Å². The molecule has 2 unspecified atom stereocenters. The maximum absolute atomic E-state index is 13.1. The molecule has 1 aromatic carbocycles. The Balaban J connectivity index is 2.39. The number of nitrogens with zero attached hydrogens (tertiary/aromatic N) is 1. The molecule has 0 bridgehead atoms. The Hall–Kier alpha value is -1.07. The Kier molecular flexibility index (Phi) is 5.27. The number of nitrogens with one attached hydrogen (secondary N) is 1. The summed E-state index contributed by atoms with van der Waals surface area (Å²) < 4.78 is 27.9. The van der Waals surface area contributed by atoms with Crippen molar-refractivity contribution in [2.75, 3.05) is 11.9 Å². The van der Waals surface area contributed by atoms with Crippen molar-refractivity contribution in [3.63, 3.8) is 0 Å². The molecule has 21 heavy (non-hydrogen) atoms. The van der Waals surface area contributed by atoms with Gasteiger partial charge in [-0.2, -0.15) is 4.31 Å². The minimum atomic E-state index is -3.44. The third-order valence-corrected chi connectivity index (χ3v) is 6.32. The van der Waals surface area contributed by atoms with Gasteiger partial charge in [0.1, 0.15) is 4.90 Å². The highest BCUT2D eigenvalue weighted by Crippen LogP contribution is 2.34. The molecule has 1 N–H and O–H groups in total. The van der Waals surface area contributed by atoms with E-state index in [1.54, 1.807) is 16.4 Å². The van der Waals surface area contributed by atoms with Crippen LogP contribution >= 0.6 is 0 Å². The molecule has 0 spiro atoms. The van der Waals surface area contributed by atoms with Crippen molar-refractivity contribution in [1.29, 1.82) is 0 Å². The number of rotatable bonds is 6. The van der Waals surface area contributed by atoms with Gasteiger partial charge >= 0.3 is 0 Å². The molecular weight excluding hydrogens is 284 g/mol. The summed E-state index contributed by atoms with van der Waals surface area (Å²) in [6, 6.07) is 7.45. The van der Waals surface area contributed by atoms with E-state index < -0.39 is 10.0 Å². The lowest BCUT2D eigenvalue weighted by atomic mass is 10.2. The third kappa shape index (κ3) is 3.24. The molecular formula is C16H26N2O2S. The maximum atomic E-state index is 13.1. The van der Waals surface area contributed by atoms with Crippen LogP contribution in [0.3, 0.4) is 0 Å². The van der Waals surface area contributed by atoms with E-state index in [9.17, 15) is 8.42 Å². The van der Waals surface area contributed by atoms with Crippen LogP contribution in [0.5, 0.6) is 0 Å². The standard InChI is InChI=1S/C16H26N2O2S/c1-4-12-17-15-8-6-7-9-16(15)21(19,20)18-13(3)10-11-14(18)5-2/h6-9,13-14,17H,4-5,10-12H2,1-3H3. The monoisotopic (exact) mass is 310 g/mol. The molecule has 1 aliphatic heterocycles. The first-order valence-electron chi connectivity index (χ1n) is 7.88. The minimum absolute atomic E-state index is 0.0826. The largest absolute Gasteiger partial charge is 0.384 e. The van der Waals surface area contributed by atoms with E-state index in [1.165, 1.54) is 0 Å². The summed E-state index contributed by atoms with van der Waals surface area (Å²) in [5.41, 5.74) is 0.716. The van der Waals surface area contributed by atoms with Crippen LogP contribution in [0.1, 0.15) is 46.5 Å². The first-order chi connectivity index (χ1) is 10.0. The van der Waals surface area contributed by atoms with Gasteiger partial charge < -0.3 is 5.32 Å². The lowest BCUT2D eigenvalue weighted by molar-refractivity contribution is 0.329. The molecule has 0 amide bonds. The molecule has 1 fully saturated rings. The fourth-order valence-corrected chi connectivity index (χ4v) is 5.20. The lowest BCUT2D eigenvalue weighted by Gasteiger charge is -2.28. The molecule has 2 rings (SSSR count). The fourth-order valence-electron chi connectivity index (χ4n) is 3.08. The second-order valence-corrected chi connectivity index (χ2v) is 7.56. The van der Waals surface area contributed by atoms with Gasteiger partial charge in [0.15, 0.2) is 0 Å². The zero-order valence-corrected chi connectivity index (χ0v) is 14.0. The van der Waals surface area contributed by atoms with Gasteiger partial charge in [-0.05, 0) is 44.7 Å². The molecule has 118 valence electrons. The Bertz CT molecular complexity index is 571. The quantitative estimate of drug-likeness (QED) is 0.875. The van der Waals surface area contributed by atoms with Crippen LogP contribution in [-0.2, 0) is 10.0 Å². The van der Waals surface area contributed by atoms with Gasteiger partial charge in [0.25, 0.3) is 0 Å². The molecule has 5 heteroatoms. The van der Waals surface area contributed by atoms with Crippen LogP contribution in [0.4, 0.5) is 5.69 Å². The molecule has 0 aliphatic carbocycles. The van der Waals surface area contributed by atoms with E-state index in [0.29, 0.717) is 10.6 Å². The molecule has 1 saturated heterocycles. The predicted octanol–water partition coefficient (Wildman–Crippen LogP) is 3.46. The molecule has 1 aromatic rings. The highest BCUT2D eigenvalue weighted by Gasteiger charge is 2.39. The zero-order valence-electron chi connectivity index (χ0n) is 13.2. The van der Waals surface area contributed by atoms with Crippen LogP contribution in [0.2, 0.25) is 0 Å². The minimum Gasteiger partial charge on any atom is -0.384 e. The van der Waals surface area contributed by atoms with Gasteiger partial charge in [-0.1, -0.05) is 26.0 Å². The van der Waals surface area contributed by atoms with E-state index in [2.05, 4.69) is 19.2 Å². The lowest BCUT2D eigenvalue weighted by Crippen LogP contribution is -2.39. The van der Waals surface area contributed by atoms with E-state index in [0.717, 1.165) is 32.2 Å². The molecule has 4 nitrogen and oxygen atoms in total. The topological polar surface area (TPSA) is 49.4 Å². The highest BCUT2D eigenvalue weighted by atomic mass is 32.2. The summed E-state index contributed by atoms with van der Waals surface area (Å²) in [4.78, 5) is 0.408. The summed E-state index contributed by atoms with van der Waals surface area (Å²) >= 11 is 0. The molecule has 2 atom stereocenters. The summed E-state index contributed by atoms with van der Waals surface area (Å²) in [6.07, 6.45) is 3.74. The Morgan fingerprint density at radius 3 is 2.62 bits per heavy atom. The van der Waals surface area contributed by atoms with Crippen molar-refractivity contribution in [3.05, 3.63) is 24.3 Å². The molecule has 0 aromatic heterocycles. The Morgan fingerprint density at radius 2 is 1.95 bits per heavy atom. The van der Waals surface area contributed by atoms with Crippen molar-refractivity contribution < 1.29 is 8.42 Å². The van der Waals surface area contributed by atoms with Crippen molar-refractivity contribution in [1.82, 2.24) is 4.31 Å². The number of hydrogen-bond donors (Lipinski definition) is 1. The number of hydrogen-bond acceptors (Lipinski definition) is 3. The number of anilines is 1. The van der Waals surface area contributed by atoms with E-state index in [4.69, 9.17) is 0 Å². The van der Waals surface area contributed by atoms with E-state index in [1.807, 2.05) is 19.1 Å². The van der Waals surface area contributed by atoms with Crippen molar-refractivity contribution in [2.45, 2.75) is 63.4 Å². The smallest absolute Gasteiger partial charge is 0.245 e. The van der Waals surface area contributed by atoms with Crippen molar-refractivity contribution >= 4 is 15.7 Å². The summed E-state index contributed by atoms with van der Waals surface area (Å²) in [7, 11) is -3.44. The van der Waals surface area contributed by atoms with Gasteiger partial charge in [-0.3, -0.25) is 0 Å². The average Bonchev–Trinajstić information content (AvgIpc) is 2.87. The number of sulfonamides is 1.